The number of hydrogen-bond donors (Lipinski definition) is 1. The lowest BCUT2D eigenvalue weighted by molar-refractivity contribution is 0.559. The van der Waals surface area contributed by atoms with Crippen LogP contribution in [0.3, 0.4) is 0 Å². The topological polar surface area (TPSA) is 75.7 Å². The first-order valence-electron chi connectivity index (χ1n) is 4.67. The normalized spacial score (nSPS) is 11.7. The molecule has 0 radical (unpaired) electrons. The van der Waals surface area contributed by atoms with Crippen LogP contribution in [0.4, 0.5) is 8.78 Å². The van der Waals surface area contributed by atoms with Crippen molar-refractivity contribution in [2.24, 2.45) is 0 Å². The van der Waals surface area contributed by atoms with Gasteiger partial charge in [0.15, 0.2) is 0 Å². The average molecular weight is 294 g/mol. The predicted molar refractivity (Wildman–Crippen MR) is 58.6 cm³/mol. The Morgan fingerprint density at radius 3 is 2.39 bits per heavy atom. The molecule has 0 aliphatic rings. The first-order valence-corrected chi connectivity index (χ1v) is 6.97. The molecule has 1 aromatic heterocycles. The summed E-state index contributed by atoms with van der Waals surface area (Å²) < 4.78 is 48.5. The summed E-state index contributed by atoms with van der Waals surface area (Å²) in [7, 11) is 0.953. The van der Waals surface area contributed by atoms with Gasteiger partial charge in [-0.15, -0.1) is 5.10 Å². The lowest BCUT2D eigenvalue weighted by Gasteiger charge is -2.01. The molecule has 18 heavy (non-hydrogen) atoms. The van der Waals surface area contributed by atoms with Gasteiger partial charge in [0.1, 0.15) is 17.5 Å². The van der Waals surface area contributed by atoms with E-state index in [0.717, 1.165) is 12.1 Å². The molecule has 1 aromatic carbocycles. The van der Waals surface area contributed by atoms with Gasteiger partial charge < -0.3 is 0 Å². The second-order valence-electron chi connectivity index (χ2n) is 3.38. The van der Waals surface area contributed by atoms with Crippen molar-refractivity contribution in [2.45, 2.75) is 11.6 Å². The number of aromatic amines is 1. The Bertz CT molecular complexity index is 667. The SMILES string of the molecule is O=S(=O)(Cl)c1n[nH]c(Cc2c(F)cccc2F)n1. The van der Waals surface area contributed by atoms with Crippen LogP contribution in [0.15, 0.2) is 23.4 Å². The largest absolute Gasteiger partial charge is 0.298 e. The maximum atomic E-state index is 13.3. The van der Waals surface area contributed by atoms with Crippen molar-refractivity contribution in [1.82, 2.24) is 15.2 Å². The Labute approximate surface area is 105 Å². The summed E-state index contributed by atoms with van der Waals surface area (Å²) in [5.41, 5.74) is -0.229. The minimum atomic E-state index is -4.06. The number of nitrogens with zero attached hydrogens (tertiary/aromatic N) is 2. The fourth-order valence-electron chi connectivity index (χ4n) is 1.33. The molecule has 0 bridgehead atoms. The van der Waals surface area contributed by atoms with Gasteiger partial charge in [0.2, 0.25) is 0 Å². The van der Waals surface area contributed by atoms with Crippen LogP contribution >= 0.6 is 10.7 Å². The average Bonchev–Trinajstić information content (AvgIpc) is 2.72. The summed E-state index contributed by atoms with van der Waals surface area (Å²) >= 11 is 0. The Morgan fingerprint density at radius 1 is 1.28 bits per heavy atom. The Balaban J connectivity index is 2.33. The first kappa shape index (κ1) is 12.9. The Kier molecular flexibility index (Phi) is 3.31. The molecule has 0 unspecified atom stereocenters. The van der Waals surface area contributed by atoms with Gasteiger partial charge in [0, 0.05) is 22.7 Å². The van der Waals surface area contributed by atoms with Crippen LogP contribution in [0, 0.1) is 11.6 Å². The van der Waals surface area contributed by atoms with Crippen LogP contribution in [0.25, 0.3) is 0 Å². The number of H-pyrrole nitrogens is 1. The second kappa shape index (κ2) is 4.62. The molecule has 2 rings (SSSR count). The molecule has 9 heteroatoms. The number of rotatable bonds is 3. The van der Waals surface area contributed by atoms with Crippen LogP contribution in [0.2, 0.25) is 0 Å². The zero-order valence-electron chi connectivity index (χ0n) is 8.69. The molecule has 0 fully saturated rings. The van der Waals surface area contributed by atoms with Crippen LogP contribution < -0.4 is 0 Å². The molecular weight excluding hydrogens is 288 g/mol. The summed E-state index contributed by atoms with van der Waals surface area (Å²) in [4.78, 5) is 3.54. The van der Waals surface area contributed by atoms with Gasteiger partial charge in [-0.25, -0.2) is 22.2 Å². The monoisotopic (exact) mass is 293 g/mol. The highest BCUT2D eigenvalue weighted by molar-refractivity contribution is 8.13. The fraction of sp³-hybridized carbons (Fsp3) is 0.111. The minimum Gasteiger partial charge on any atom is -0.262 e. The van der Waals surface area contributed by atoms with Gasteiger partial charge in [0.25, 0.3) is 14.2 Å². The van der Waals surface area contributed by atoms with Crippen molar-refractivity contribution < 1.29 is 17.2 Å². The molecule has 1 N–H and O–H groups in total. The smallest absolute Gasteiger partial charge is 0.262 e. The van der Waals surface area contributed by atoms with Crippen LogP contribution in [0.5, 0.6) is 0 Å². The molecule has 96 valence electrons. The van der Waals surface area contributed by atoms with Gasteiger partial charge in [-0.1, -0.05) is 6.07 Å². The van der Waals surface area contributed by atoms with E-state index in [1.807, 2.05) is 0 Å². The second-order valence-corrected chi connectivity index (χ2v) is 5.84. The highest BCUT2D eigenvalue weighted by Crippen LogP contribution is 2.16. The van der Waals surface area contributed by atoms with Gasteiger partial charge in [-0.3, -0.25) is 5.10 Å². The van der Waals surface area contributed by atoms with Crippen LogP contribution in [0.1, 0.15) is 11.4 Å². The maximum absolute atomic E-state index is 13.3. The van der Waals surface area contributed by atoms with E-state index in [9.17, 15) is 17.2 Å². The van der Waals surface area contributed by atoms with Crippen molar-refractivity contribution in [3.05, 3.63) is 41.2 Å². The molecule has 1 heterocycles. The molecule has 0 spiro atoms. The first-order chi connectivity index (χ1) is 8.38. The van der Waals surface area contributed by atoms with E-state index < -0.39 is 25.8 Å². The standard InChI is InChI=1S/C9H6ClF2N3O2S/c10-18(16,17)9-13-8(14-15-9)4-5-6(11)2-1-3-7(5)12/h1-3H,4H2,(H,13,14,15). The molecule has 0 amide bonds. The third-order valence-electron chi connectivity index (χ3n) is 2.14. The van der Waals surface area contributed by atoms with E-state index in [4.69, 9.17) is 10.7 Å². The van der Waals surface area contributed by atoms with Crippen molar-refractivity contribution in [3.8, 4) is 0 Å². The number of nitrogens with one attached hydrogen (secondary N) is 1. The summed E-state index contributed by atoms with van der Waals surface area (Å²) in [6, 6.07) is 3.41. The number of halogens is 3. The number of aromatic nitrogens is 3. The third-order valence-corrected chi connectivity index (χ3v) is 3.17. The van der Waals surface area contributed by atoms with Crippen LogP contribution in [-0.4, -0.2) is 23.6 Å². The lowest BCUT2D eigenvalue weighted by atomic mass is 10.1. The molecule has 0 saturated carbocycles. The molecular formula is C9H6ClF2N3O2S. The van der Waals surface area contributed by atoms with E-state index >= 15 is 0 Å². The van der Waals surface area contributed by atoms with E-state index in [-0.39, 0.29) is 17.8 Å². The van der Waals surface area contributed by atoms with Gasteiger partial charge in [-0.05, 0) is 12.1 Å². The Hall–Kier alpha value is -1.54. The maximum Gasteiger partial charge on any atom is 0.298 e. The summed E-state index contributed by atoms with van der Waals surface area (Å²) in [5.74, 6) is -1.50. The fourth-order valence-corrected chi connectivity index (χ4v) is 1.92. The van der Waals surface area contributed by atoms with Crippen molar-refractivity contribution in [2.75, 3.05) is 0 Å². The molecule has 2 aromatic rings. The molecule has 5 nitrogen and oxygen atoms in total. The molecule has 0 saturated heterocycles. The summed E-state index contributed by atoms with van der Waals surface area (Å²) in [6.45, 7) is 0. The van der Waals surface area contributed by atoms with E-state index in [2.05, 4.69) is 15.2 Å². The van der Waals surface area contributed by atoms with Gasteiger partial charge in [0.05, 0.1) is 0 Å². The minimum absolute atomic E-state index is 0.00164. The van der Waals surface area contributed by atoms with Crippen molar-refractivity contribution in [3.63, 3.8) is 0 Å². The van der Waals surface area contributed by atoms with E-state index in [1.165, 1.54) is 6.07 Å². The lowest BCUT2D eigenvalue weighted by Crippen LogP contribution is -1.99. The van der Waals surface area contributed by atoms with Crippen molar-refractivity contribution in [1.29, 1.82) is 0 Å². The quantitative estimate of drug-likeness (QED) is 0.872. The van der Waals surface area contributed by atoms with Crippen molar-refractivity contribution >= 4 is 19.7 Å². The molecule has 0 aliphatic heterocycles. The summed E-state index contributed by atoms with van der Waals surface area (Å²) in [6.07, 6.45) is -0.252. The number of benzene rings is 1. The van der Waals surface area contributed by atoms with Gasteiger partial charge in [-0.2, -0.15) is 0 Å². The molecule has 0 aliphatic carbocycles. The van der Waals surface area contributed by atoms with E-state index in [0.29, 0.717) is 0 Å². The zero-order valence-corrected chi connectivity index (χ0v) is 10.3. The third kappa shape index (κ3) is 2.65. The van der Waals surface area contributed by atoms with Crippen LogP contribution in [-0.2, 0) is 15.5 Å². The molecule has 0 atom stereocenters. The van der Waals surface area contributed by atoms with Gasteiger partial charge >= 0.3 is 0 Å². The Morgan fingerprint density at radius 2 is 1.89 bits per heavy atom. The summed E-state index contributed by atoms with van der Waals surface area (Å²) in [5, 5.41) is 4.97. The zero-order chi connectivity index (χ0) is 13.3. The number of hydrogen-bond acceptors (Lipinski definition) is 4. The predicted octanol–water partition coefficient (Wildman–Crippen LogP) is 1.60. The highest BCUT2D eigenvalue weighted by atomic mass is 35.7. The van der Waals surface area contributed by atoms with E-state index in [1.54, 1.807) is 0 Å². The highest BCUT2D eigenvalue weighted by Gasteiger charge is 2.18.